The molecule has 1 atom stereocenters. The monoisotopic (exact) mass is 246 g/mol. The summed E-state index contributed by atoms with van der Waals surface area (Å²) in [5, 5.41) is 9.68. The Labute approximate surface area is 97.0 Å². The lowest BCUT2D eigenvalue weighted by atomic mass is 9.86. The average Bonchev–Trinajstić information content (AvgIpc) is 2.22. The molecule has 0 spiro atoms. The van der Waals surface area contributed by atoms with Gasteiger partial charge in [0.15, 0.2) is 0 Å². The Morgan fingerprint density at radius 2 is 2.00 bits per heavy atom. The standard InChI is InChI=1S/C12H13F3O2/c1-11(2)9-5-7(12(13,14)15)3-4-8(9)10(16)6-17-11/h3-5,10,16H,6H2,1-2H3. The number of benzene rings is 1. The predicted octanol–water partition coefficient (Wildman–Crippen LogP) is 3.00. The molecule has 0 amide bonds. The van der Waals surface area contributed by atoms with E-state index in [9.17, 15) is 18.3 Å². The number of aliphatic hydroxyl groups excluding tert-OH is 1. The van der Waals surface area contributed by atoms with Gasteiger partial charge in [0.1, 0.15) is 6.10 Å². The maximum atomic E-state index is 12.6. The number of rotatable bonds is 0. The van der Waals surface area contributed by atoms with Crippen LogP contribution in [0.4, 0.5) is 13.2 Å². The molecule has 2 nitrogen and oxygen atoms in total. The van der Waals surface area contributed by atoms with Gasteiger partial charge in [0.25, 0.3) is 0 Å². The molecule has 0 bridgehead atoms. The zero-order chi connectivity index (χ0) is 12.8. The highest BCUT2D eigenvalue weighted by atomic mass is 19.4. The van der Waals surface area contributed by atoms with Crippen molar-refractivity contribution < 1.29 is 23.0 Å². The fourth-order valence-corrected chi connectivity index (χ4v) is 2.00. The number of ether oxygens (including phenoxy) is 1. The van der Waals surface area contributed by atoms with Crippen LogP contribution in [0.3, 0.4) is 0 Å². The van der Waals surface area contributed by atoms with E-state index in [1.165, 1.54) is 6.07 Å². The minimum Gasteiger partial charge on any atom is -0.386 e. The topological polar surface area (TPSA) is 29.5 Å². The summed E-state index contributed by atoms with van der Waals surface area (Å²) in [6.07, 6.45) is -5.24. The van der Waals surface area contributed by atoms with Crippen molar-refractivity contribution in [3.63, 3.8) is 0 Å². The van der Waals surface area contributed by atoms with E-state index in [0.29, 0.717) is 11.1 Å². The molecule has 5 heteroatoms. The summed E-state index contributed by atoms with van der Waals surface area (Å²) >= 11 is 0. The van der Waals surface area contributed by atoms with Crippen molar-refractivity contribution in [1.82, 2.24) is 0 Å². The van der Waals surface area contributed by atoms with Crippen molar-refractivity contribution >= 4 is 0 Å². The summed E-state index contributed by atoms with van der Waals surface area (Å²) in [7, 11) is 0. The van der Waals surface area contributed by atoms with Gasteiger partial charge in [-0.15, -0.1) is 0 Å². The van der Waals surface area contributed by atoms with Gasteiger partial charge >= 0.3 is 6.18 Å². The fraction of sp³-hybridized carbons (Fsp3) is 0.500. The van der Waals surface area contributed by atoms with E-state index >= 15 is 0 Å². The highest BCUT2D eigenvalue weighted by molar-refractivity contribution is 5.39. The van der Waals surface area contributed by atoms with Gasteiger partial charge in [0, 0.05) is 0 Å². The van der Waals surface area contributed by atoms with Crippen molar-refractivity contribution in [2.24, 2.45) is 0 Å². The summed E-state index contributed by atoms with van der Waals surface area (Å²) in [6, 6.07) is 3.37. The number of halogens is 3. The molecule has 0 fully saturated rings. The molecule has 0 aromatic heterocycles. The Hall–Kier alpha value is -1.07. The van der Waals surface area contributed by atoms with Gasteiger partial charge in [-0.05, 0) is 37.1 Å². The van der Waals surface area contributed by atoms with Crippen LogP contribution in [0.25, 0.3) is 0 Å². The SMILES string of the molecule is CC1(C)OCC(O)c2ccc(C(F)(F)F)cc21. The summed E-state index contributed by atoms with van der Waals surface area (Å²) in [6.45, 7) is 3.49. The molecule has 17 heavy (non-hydrogen) atoms. The highest BCUT2D eigenvalue weighted by Crippen LogP contribution is 2.40. The van der Waals surface area contributed by atoms with Gasteiger partial charge < -0.3 is 9.84 Å². The molecule has 1 unspecified atom stereocenters. The number of fused-ring (bicyclic) bond motifs is 1. The molecule has 0 radical (unpaired) electrons. The van der Waals surface area contributed by atoms with Crippen LogP contribution in [-0.4, -0.2) is 11.7 Å². The Kier molecular flexibility index (Phi) is 2.71. The van der Waals surface area contributed by atoms with Crippen molar-refractivity contribution in [3.05, 3.63) is 34.9 Å². The molecule has 0 aliphatic carbocycles. The Balaban J connectivity index is 2.56. The number of aliphatic hydroxyl groups is 1. The van der Waals surface area contributed by atoms with Crippen molar-refractivity contribution in [3.8, 4) is 0 Å². The zero-order valence-corrected chi connectivity index (χ0v) is 9.51. The van der Waals surface area contributed by atoms with Crippen LogP contribution in [0.2, 0.25) is 0 Å². The predicted molar refractivity (Wildman–Crippen MR) is 55.4 cm³/mol. The number of alkyl halides is 3. The third-order valence-electron chi connectivity index (χ3n) is 2.99. The molecule has 1 aromatic rings. The van der Waals surface area contributed by atoms with Gasteiger partial charge in [-0.2, -0.15) is 13.2 Å². The first-order valence-corrected chi connectivity index (χ1v) is 5.25. The quantitative estimate of drug-likeness (QED) is 0.762. The smallest absolute Gasteiger partial charge is 0.386 e. The van der Waals surface area contributed by atoms with Gasteiger partial charge in [0.2, 0.25) is 0 Å². The third kappa shape index (κ3) is 2.17. The Morgan fingerprint density at radius 1 is 1.35 bits per heavy atom. The summed E-state index contributed by atoms with van der Waals surface area (Å²) < 4.78 is 43.2. The van der Waals surface area contributed by atoms with Crippen LogP contribution in [0.1, 0.15) is 36.6 Å². The van der Waals surface area contributed by atoms with Gasteiger partial charge in [0.05, 0.1) is 17.8 Å². The summed E-state index contributed by atoms with van der Waals surface area (Å²) in [5.74, 6) is 0. The van der Waals surface area contributed by atoms with Crippen LogP contribution < -0.4 is 0 Å². The zero-order valence-electron chi connectivity index (χ0n) is 9.51. The van der Waals surface area contributed by atoms with E-state index in [1.54, 1.807) is 13.8 Å². The second kappa shape index (κ2) is 3.71. The number of hydrogen-bond acceptors (Lipinski definition) is 2. The Morgan fingerprint density at radius 3 is 2.59 bits per heavy atom. The second-order valence-corrected chi connectivity index (χ2v) is 4.64. The molecular formula is C12H13F3O2. The van der Waals surface area contributed by atoms with Crippen LogP contribution in [0.5, 0.6) is 0 Å². The van der Waals surface area contributed by atoms with E-state index in [2.05, 4.69) is 0 Å². The maximum Gasteiger partial charge on any atom is 0.416 e. The minimum atomic E-state index is -4.38. The van der Waals surface area contributed by atoms with Gasteiger partial charge in [-0.1, -0.05) is 6.07 Å². The molecule has 1 heterocycles. The molecule has 2 rings (SSSR count). The molecule has 1 N–H and O–H groups in total. The van der Waals surface area contributed by atoms with E-state index in [0.717, 1.165) is 12.1 Å². The maximum absolute atomic E-state index is 12.6. The van der Waals surface area contributed by atoms with E-state index < -0.39 is 23.4 Å². The van der Waals surface area contributed by atoms with Gasteiger partial charge in [-0.3, -0.25) is 0 Å². The largest absolute Gasteiger partial charge is 0.416 e. The van der Waals surface area contributed by atoms with E-state index in [1.807, 2.05) is 0 Å². The van der Waals surface area contributed by atoms with Crippen LogP contribution in [-0.2, 0) is 16.5 Å². The second-order valence-electron chi connectivity index (χ2n) is 4.64. The van der Waals surface area contributed by atoms with Crippen molar-refractivity contribution in [1.29, 1.82) is 0 Å². The lowest BCUT2D eigenvalue weighted by Crippen LogP contribution is -2.32. The third-order valence-corrected chi connectivity index (χ3v) is 2.99. The van der Waals surface area contributed by atoms with Crippen molar-refractivity contribution in [2.45, 2.75) is 31.7 Å². The average molecular weight is 246 g/mol. The molecule has 94 valence electrons. The highest BCUT2D eigenvalue weighted by Gasteiger charge is 2.37. The molecule has 1 aromatic carbocycles. The molecule has 1 aliphatic rings. The van der Waals surface area contributed by atoms with Crippen molar-refractivity contribution in [2.75, 3.05) is 6.61 Å². The first-order chi connectivity index (χ1) is 7.72. The molecular weight excluding hydrogens is 233 g/mol. The number of hydrogen-bond donors (Lipinski definition) is 1. The molecule has 1 aliphatic heterocycles. The summed E-state index contributed by atoms with van der Waals surface area (Å²) in [4.78, 5) is 0. The minimum absolute atomic E-state index is 0.103. The van der Waals surface area contributed by atoms with Crippen LogP contribution in [0, 0.1) is 0 Å². The van der Waals surface area contributed by atoms with E-state index in [-0.39, 0.29) is 6.61 Å². The van der Waals surface area contributed by atoms with Gasteiger partial charge in [-0.25, -0.2) is 0 Å². The lowest BCUT2D eigenvalue weighted by molar-refractivity contribution is -0.138. The first kappa shape index (κ1) is 12.4. The normalized spacial score (nSPS) is 23.3. The summed E-state index contributed by atoms with van der Waals surface area (Å²) in [5.41, 5.74) is -0.627. The van der Waals surface area contributed by atoms with Crippen LogP contribution in [0.15, 0.2) is 18.2 Å². The fourth-order valence-electron chi connectivity index (χ4n) is 2.00. The molecule has 0 saturated heterocycles. The molecule has 0 saturated carbocycles. The Bertz CT molecular complexity index is 438. The lowest BCUT2D eigenvalue weighted by Gasteiger charge is -2.35. The first-order valence-electron chi connectivity index (χ1n) is 5.25. The van der Waals surface area contributed by atoms with Crippen LogP contribution >= 0.6 is 0 Å². The van der Waals surface area contributed by atoms with E-state index in [4.69, 9.17) is 4.74 Å².